The lowest BCUT2D eigenvalue weighted by atomic mass is 9.87. The summed E-state index contributed by atoms with van der Waals surface area (Å²) in [5, 5.41) is 0. The van der Waals surface area contributed by atoms with Crippen molar-refractivity contribution < 1.29 is 4.79 Å². The van der Waals surface area contributed by atoms with Crippen molar-refractivity contribution in [2.24, 2.45) is 11.8 Å². The zero-order chi connectivity index (χ0) is 17.4. The zero-order valence-electron chi connectivity index (χ0n) is 16.3. The van der Waals surface area contributed by atoms with Gasteiger partial charge in [-0.2, -0.15) is 0 Å². The van der Waals surface area contributed by atoms with Crippen molar-refractivity contribution in [2.45, 2.75) is 59.9 Å². The third-order valence-corrected chi connectivity index (χ3v) is 5.63. The minimum atomic E-state index is 0.307. The van der Waals surface area contributed by atoms with Crippen LogP contribution >= 0.6 is 0 Å². The van der Waals surface area contributed by atoms with E-state index in [1.54, 1.807) is 0 Å². The van der Waals surface area contributed by atoms with E-state index in [4.69, 9.17) is 0 Å². The van der Waals surface area contributed by atoms with Gasteiger partial charge in [0.15, 0.2) is 0 Å². The smallest absolute Gasteiger partial charge is 0.236 e. The summed E-state index contributed by atoms with van der Waals surface area (Å²) in [5.41, 5.74) is 0. The molecule has 0 aliphatic carbocycles. The van der Waals surface area contributed by atoms with Gasteiger partial charge in [-0.25, -0.2) is 0 Å². The fraction of sp³-hybridized carbons (Fsp3) is 0.947. The molecule has 1 fully saturated rings. The summed E-state index contributed by atoms with van der Waals surface area (Å²) >= 11 is 0. The summed E-state index contributed by atoms with van der Waals surface area (Å²) in [7, 11) is 2.07. The van der Waals surface area contributed by atoms with Gasteiger partial charge in [0.1, 0.15) is 0 Å². The maximum absolute atomic E-state index is 12.5. The highest BCUT2D eigenvalue weighted by atomic mass is 16.2. The largest absolute Gasteiger partial charge is 0.342 e. The SMILES string of the molecule is CCC(C)N(CC)CCN(C)CC(=O)N1CCC(C(C)C)CC1. The number of nitrogens with zero attached hydrogens (tertiary/aromatic N) is 3. The highest BCUT2D eigenvalue weighted by molar-refractivity contribution is 5.78. The maximum Gasteiger partial charge on any atom is 0.236 e. The summed E-state index contributed by atoms with van der Waals surface area (Å²) in [6.45, 7) is 16.9. The van der Waals surface area contributed by atoms with Crippen LogP contribution < -0.4 is 0 Å². The van der Waals surface area contributed by atoms with E-state index < -0.39 is 0 Å². The molecular formula is C19H39N3O. The van der Waals surface area contributed by atoms with Crippen LogP contribution in [0.15, 0.2) is 0 Å². The highest BCUT2D eigenvalue weighted by Crippen LogP contribution is 2.24. The maximum atomic E-state index is 12.5. The Labute approximate surface area is 144 Å². The number of hydrogen-bond donors (Lipinski definition) is 0. The third kappa shape index (κ3) is 6.80. The first kappa shape index (κ1) is 20.4. The van der Waals surface area contributed by atoms with Crippen LogP contribution in [0.2, 0.25) is 0 Å². The summed E-state index contributed by atoms with van der Waals surface area (Å²) in [5.74, 6) is 1.85. The molecule has 0 N–H and O–H groups in total. The second kappa shape index (κ2) is 10.3. The first-order valence-electron chi connectivity index (χ1n) is 9.59. The lowest BCUT2D eigenvalue weighted by Crippen LogP contribution is -2.45. The molecule has 1 unspecified atom stereocenters. The van der Waals surface area contributed by atoms with E-state index in [2.05, 4.69) is 56.4 Å². The Morgan fingerprint density at radius 1 is 1.13 bits per heavy atom. The van der Waals surface area contributed by atoms with E-state index in [-0.39, 0.29) is 0 Å². The second-order valence-electron chi connectivity index (χ2n) is 7.59. The van der Waals surface area contributed by atoms with Crippen LogP contribution in [-0.4, -0.2) is 73.0 Å². The normalized spacial score (nSPS) is 18.2. The Hall–Kier alpha value is -0.610. The van der Waals surface area contributed by atoms with Crippen molar-refractivity contribution in [3.05, 3.63) is 0 Å². The van der Waals surface area contributed by atoms with Crippen molar-refractivity contribution in [3.63, 3.8) is 0 Å². The third-order valence-electron chi connectivity index (χ3n) is 5.63. The minimum Gasteiger partial charge on any atom is -0.342 e. The minimum absolute atomic E-state index is 0.307. The topological polar surface area (TPSA) is 26.8 Å². The number of rotatable bonds is 9. The van der Waals surface area contributed by atoms with E-state index in [0.717, 1.165) is 44.6 Å². The Balaban J connectivity index is 2.31. The Bertz CT molecular complexity index is 338. The van der Waals surface area contributed by atoms with Gasteiger partial charge < -0.3 is 4.90 Å². The van der Waals surface area contributed by atoms with E-state index in [0.29, 0.717) is 18.5 Å². The van der Waals surface area contributed by atoms with E-state index in [9.17, 15) is 4.79 Å². The molecule has 0 aromatic rings. The van der Waals surface area contributed by atoms with E-state index in [1.807, 2.05) is 0 Å². The van der Waals surface area contributed by atoms with Gasteiger partial charge in [0, 0.05) is 32.2 Å². The average molecular weight is 326 g/mol. The van der Waals surface area contributed by atoms with Crippen molar-refractivity contribution in [2.75, 3.05) is 46.3 Å². The Morgan fingerprint density at radius 3 is 2.22 bits per heavy atom. The first-order chi connectivity index (χ1) is 10.9. The highest BCUT2D eigenvalue weighted by Gasteiger charge is 2.25. The second-order valence-corrected chi connectivity index (χ2v) is 7.59. The van der Waals surface area contributed by atoms with Gasteiger partial charge >= 0.3 is 0 Å². The molecule has 23 heavy (non-hydrogen) atoms. The molecule has 0 aromatic heterocycles. The van der Waals surface area contributed by atoms with Gasteiger partial charge in [0.05, 0.1) is 6.54 Å². The van der Waals surface area contributed by atoms with Gasteiger partial charge in [-0.15, -0.1) is 0 Å². The van der Waals surface area contributed by atoms with Gasteiger partial charge in [-0.05, 0) is 51.6 Å². The molecule has 4 nitrogen and oxygen atoms in total. The molecule has 136 valence electrons. The molecule has 0 radical (unpaired) electrons. The number of likely N-dealkylation sites (tertiary alicyclic amines) is 1. The summed E-state index contributed by atoms with van der Waals surface area (Å²) in [6, 6.07) is 0.624. The van der Waals surface area contributed by atoms with E-state index in [1.165, 1.54) is 19.3 Å². The average Bonchev–Trinajstić information content (AvgIpc) is 2.54. The lowest BCUT2D eigenvalue weighted by molar-refractivity contribution is -0.133. The predicted molar refractivity (Wildman–Crippen MR) is 98.6 cm³/mol. The molecule has 0 bridgehead atoms. The molecule has 0 spiro atoms. The van der Waals surface area contributed by atoms with Crippen molar-refractivity contribution in [1.29, 1.82) is 0 Å². The number of amides is 1. The van der Waals surface area contributed by atoms with Gasteiger partial charge in [-0.3, -0.25) is 14.6 Å². The molecule has 1 aliphatic heterocycles. The fourth-order valence-corrected chi connectivity index (χ4v) is 3.47. The Kier molecular flexibility index (Phi) is 9.15. The molecule has 1 aliphatic rings. The number of piperidine rings is 1. The number of hydrogen-bond acceptors (Lipinski definition) is 3. The fourth-order valence-electron chi connectivity index (χ4n) is 3.47. The van der Waals surface area contributed by atoms with Crippen LogP contribution in [-0.2, 0) is 4.79 Å². The van der Waals surface area contributed by atoms with Crippen LogP contribution in [0.25, 0.3) is 0 Å². The lowest BCUT2D eigenvalue weighted by Gasteiger charge is -2.35. The Morgan fingerprint density at radius 2 is 1.74 bits per heavy atom. The molecular weight excluding hydrogens is 286 g/mol. The van der Waals surface area contributed by atoms with E-state index >= 15 is 0 Å². The predicted octanol–water partition coefficient (Wildman–Crippen LogP) is 2.93. The molecule has 1 atom stereocenters. The number of carbonyl (C=O) groups excluding carboxylic acids is 1. The van der Waals surface area contributed by atoms with Crippen molar-refractivity contribution in [3.8, 4) is 0 Å². The quantitative estimate of drug-likeness (QED) is 0.652. The molecule has 1 heterocycles. The van der Waals surface area contributed by atoms with Gasteiger partial charge in [0.25, 0.3) is 0 Å². The molecule has 1 saturated heterocycles. The van der Waals surface area contributed by atoms with Crippen LogP contribution in [0.1, 0.15) is 53.9 Å². The standard InChI is InChI=1S/C19H39N3O/c1-7-17(5)21(8-2)14-13-20(6)15-19(23)22-11-9-18(10-12-22)16(3)4/h16-18H,7-15H2,1-6H3. The molecule has 0 saturated carbocycles. The summed E-state index contributed by atoms with van der Waals surface area (Å²) < 4.78 is 0. The molecule has 1 rings (SSSR count). The van der Waals surface area contributed by atoms with Gasteiger partial charge in [0.2, 0.25) is 5.91 Å². The molecule has 0 aromatic carbocycles. The zero-order valence-corrected chi connectivity index (χ0v) is 16.3. The van der Waals surface area contributed by atoms with Crippen LogP contribution in [0.4, 0.5) is 0 Å². The summed E-state index contributed by atoms with van der Waals surface area (Å²) in [6.07, 6.45) is 3.52. The van der Waals surface area contributed by atoms with Crippen molar-refractivity contribution in [1.82, 2.24) is 14.7 Å². The number of carbonyl (C=O) groups is 1. The molecule has 4 heteroatoms. The molecule has 1 amide bonds. The first-order valence-corrected chi connectivity index (χ1v) is 9.59. The van der Waals surface area contributed by atoms with Crippen LogP contribution in [0, 0.1) is 11.8 Å². The van der Waals surface area contributed by atoms with Gasteiger partial charge in [-0.1, -0.05) is 27.7 Å². The van der Waals surface area contributed by atoms with Crippen LogP contribution in [0.5, 0.6) is 0 Å². The summed E-state index contributed by atoms with van der Waals surface area (Å²) in [4.78, 5) is 19.2. The van der Waals surface area contributed by atoms with Crippen LogP contribution in [0.3, 0.4) is 0 Å². The number of likely N-dealkylation sites (N-methyl/N-ethyl adjacent to an activating group) is 2. The van der Waals surface area contributed by atoms with Crippen molar-refractivity contribution >= 4 is 5.91 Å². The monoisotopic (exact) mass is 325 g/mol.